The summed E-state index contributed by atoms with van der Waals surface area (Å²) in [6.07, 6.45) is 0. The number of phenols is 1. The van der Waals surface area contributed by atoms with Gasteiger partial charge < -0.3 is 5.11 Å². The van der Waals surface area contributed by atoms with Crippen LogP contribution < -0.4 is 0 Å². The molecular formula is C8H10O. The molecule has 0 saturated heterocycles. The molecule has 0 aromatic heterocycles. The Morgan fingerprint density at radius 2 is 1.67 bits per heavy atom. The van der Waals surface area contributed by atoms with Gasteiger partial charge in [0.15, 0.2) is 0 Å². The van der Waals surface area contributed by atoms with Crippen LogP contribution in [-0.4, -0.2) is 5.11 Å². The number of benzene rings is 1. The maximum atomic E-state index is 9.23. The molecule has 1 N–H and O–H groups in total. The molecule has 1 aromatic carbocycles. The topological polar surface area (TPSA) is 20.2 Å². The van der Waals surface area contributed by atoms with Crippen molar-refractivity contribution in [3.8, 4) is 5.75 Å². The summed E-state index contributed by atoms with van der Waals surface area (Å²) in [5.41, 5.74) is 0.835. The molecule has 0 saturated carbocycles. The minimum atomic E-state index is -0.332. The Bertz CT molecular complexity index is 229. The van der Waals surface area contributed by atoms with Crippen molar-refractivity contribution in [1.82, 2.24) is 0 Å². The Kier molecular flexibility index (Phi) is 0.758. The molecule has 0 aliphatic heterocycles. The van der Waals surface area contributed by atoms with Gasteiger partial charge in [0.05, 0.1) is 4.11 Å². The highest BCUT2D eigenvalue weighted by molar-refractivity contribution is 5.31. The van der Waals surface area contributed by atoms with Crippen molar-refractivity contribution < 1.29 is 9.22 Å². The molecule has 0 spiro atoms. The Balaban J connectivity index is 3.60. The van der Waals surface area contributed by atoms with Crippen LogP contribution in [0.15, 0.2) is 18.1 Å². The summed E-state index contributed by atoms with van der Waals surface area (Å²) in [7, 11) is 0. The highest BCUT2D eigenvalue weighted by atomic mass is 16.3. The second kappa shape index (κ2) is 2.09. The molecule has 1 rings (SSSR count). The van der Waals surface area contributed by atoms with E-state index < -0.39 is 0 Å². The molecule has 1 aromatic rings. The molecule has 0 unspecified atom stereocenters. The van der Waals surface area contributed by atoms with E-state index in [-0.39, 0.29) is 23.9 Å². The first kappa shape index (κ1) is 3.25. The lowest BCUT2D eigenvalue weighted by Crippen LogP contribution is -1.74. The predicted octanol–water partition coefficient (Wildman–Crippen LogP) is 2.01. The lowest BCUT2D eigenvalue weighted by atomic mass is 10.1. The second-order valence-electron chi connectivity index (χ2n) is 1.97. The van der Waals surface area contributed by atoms with E-state index in [9.17, 15) is 5.11 Å². The van der Waals surface area contributed by atoms with E-state index in [1.165, 1.54) is 0 Å². The summed E-state index contributed by atoms with van der Waals surface area (Å²) in [6.45, 7) is 3.19. The van der Waals surface area contributed by atoms with Gasteiger partial charge in [0, 0.05) is 0 Å². The fourth-order valence-corrected chi connectivity index (χ4v) is 0.730. The summed E-state index contributed by atoms with van der Waals surface area (Å²) >= 11 is 0. The van der Waals surface area contributed by atoms with E-state index in [0.717, 1.165) is 0 Å². The van der Waals surface area contributed by atoms with Crippen molar-refractivity contribution in [2.24, 2.45) is 0 Å². The van der Waals surface area contributed by atoms with Gasteiger partial charge in [-0.1, -0.05) is 6.04 Å². The van der Waals surface area contributed by atoms with Crippen LogP contribution in [0.3, 0.4) is 0 Å². The third kappa shape index (κ3) is 1.46. The zero-order valence-corrected chi connectivity index (χ0v) is 5.45. The van der Waals surface area contributed by atoms with Gasteiger partial charge in [0.1, 0.15) is 5.75 Å². The molecule has 0 radical (unpaired) electrons. The Labute approximate surface area is 59.2 Å². The van der Waals surface area contributed by atoms with Crippen LogP contribution in [0, 0.1) is 13.8 Å². The quantitative estimate of drug-likeness (QED) is 0.562. The largest absolute Gasteiger partial charge is 0.508 e. The fourth-order valence-electron chi connectivity index (χ4n) is 0.730. The lowest BCUT2D eigenvalue weighted by molar-refractivity contribution is 0.474. The predicted molar refractivity (Wildman–Crippen MR) is 37.6 cm³/mol. The fraction of sp³-hybridized carbons (Fsp3) is 0.250. The van der Waals surface area contributed by atoms with Crippen LogP contribution in [0.25, 0.3) is 0 Å². The molecule has 0 aliphatic carbocycles. The van der Waals surface area contributed by atoms with Crippen LogP contribution in [0.2, 0.25) is 0 Å². The number of hydrogen-bond acceptors (Lipinski definition) is 1. The standard InChI is InChI=1S/C8H10O/c1-6-3-7(2)5-8(9)4-6/h3-5,9H,1-2H3/i3D,4D,5D. The van der Waals surface area contributed by atoms with E-state index in [1.807, 2.05) is 0 Å². The minimum absolute atomic E-state index is 0.115. The Morgan fingerprint density at radius 1 is 1.22 bits per heavy atom. The van der Waals surface area contributed by atoms with Crippen LogP contribution >= 0.6 is 0 Å². The average Bonchev–Trinajstić information content (AvgIpc) is 2.08. The van der Waals surface area contributed by atoms with Gasteiger partial charge in [0.25, 0.3) is 0 Å². The van der Waals surface area contributed by atoms with Gasteiger partial charge in [-0.3, -0.25) is 0 Å². The van der Waals surface area contributed by atoms with Gasteiger partial charge in [-0.15, -0.1) is 0 Å². The van der Waals surface area contributed by atoms with Crippen molar-refractivity contribution in [2.45, 2.75) is 13.8 Å². The van der Waals surface area contributed by atoms with Crippen LogP contribution in [-0.2, 0) is 0 Å². The third-order valence-electron chi connectivity index (χ3n) is 0.987. The Hall–Kier alpha value is -0.980. The summed E-state index contributed by atoms with van der Waals surface area (Å²) < 4.78 is 22.1. The Morgan fingerprint density at radius 3 is 2.11 bits per heavy atom. The van der Waals surface area contributed by atoms with Gasteiger partial charge in [-0.2, -0.15) is 0 Å². The molecule has 0 amide bonds. The maximum absolute atomic E-state index is 9.23. The molecule has 0 bridgehead atoms. The van der Waals surface area contributed by atoms with Gasteiger partial charge in [0.2, 0.25) is 0 Å². The molecule has 0 fully saturated rings. The summed E-state index contributed by atoms with van der Waals surface area (Å²) in [6, 6.07) is -0.0611. The van der Waals surface area contributed by atoms with Crippen molar-refractivity contribution in [1.29, 1.82) is 0 Å². The number of rotatable bonds is 0. The highest BCUT2D eigenvalue weighted by Crippen LogP contribution is 2.13. The molecular weight excluding hydrogens is 112 g/mol. The second-order valence-corrected chi connectivity index (χ2v) is 1.97. The SMILES string of the molecule is [2H]c1c(C)c([2H])c(O)c([2H])c1C. The van der Waals surface area contributed by atoms with Crippen molar-refractivity contribution in [2.75, 3.05) is 0 Å². The van der Waals surface area contributed by atoms with Gasteiger partial charge >= 0.3 is 0 Å². The van der Waals surface area contributed by atoms with E-state index in [0.29, 0.717) is 11.1 Å². The molecule has 0 aliphatic rings. The number of hydrogen-bond donors (Lipinski definition) is 1. The van der Waals surface area contributed by atoms with Crippen LogP contribution in [0.5, 0.6) is 5.75 Å². The van der Waals surface area contributed by atoms with E-state index in [2.05, 4.69) is 0 Å². The summed E-state index contributed by atoms with van der Waals surface area (Å²) in [5.74, 6) is -0.332. The highest BCUT2D eigenvalue weighted by Gasteiger charge is 1.89. The van der Waals surface area contributed by atoms with Crippen LogP contribution in [0.1, 0.15) is 15.2 Å². The van der Waals surface area contributed by atoms with Crippen LogP contribution in [0.4, 0.5) is 0 Å². The average molecular weight is 125 g/mol. The van der Waals surface area contributed by atoms with E-state index in [4.69, 9.17) is 4.11 Å². The first-order valence-corrected chi connectivity index (χ1v) is 2.72. The van der Waals surface area contributed by atoms with E-state index in [1.54, 1.807) is 13.8 Å². The number of phenolic OH excluding ortho intramolecular Hbond substituents is 1. The first-order chi connectivity index (χ1) is 5.46. The van der Waals surface area contributed by atoms with Gasteiger partial charge in [-0.25, -0.2) is 0 Å². The molecule has 0 atom stereocenters. The first-order valence-electron chi connectivity index (χ1n) is 4.22. The van der Waals surface area contributed by atoms with Crippen molar-refractivity contribution in [3.63, 3.8) is 0 Å². The smallest absolute Gasteiger partial charge is 0.116 e. The van der Waals surface area contributed by atoms with Crippen molar-refractivity contribution >= 4 is 0 Å². The molecule has 1 heteroatoms. The third-order valence-corrected chi connectivity index (χ3v) is 0.987. The normalized spacial score (nSPS) is 14.2. The molecule has 0 heterocycles. The van der Waals surface area contributed by atoms with Gasteiger partial charge in [-0.05, 0) is 37.1 Å². The zero-order valence-electron chi connectivity index (χ0n) is 8.45. The number of aromatic hydroxyl groups is 1. The summed E-state index contributed by atoms with van der Waals surface area (Å²) in [4.78, 5) is 0. The molecule has 1 nitrogen and oxygen atoms in total. The van der Waals surface area contributed by atoms with Crippen molar-refractivity contribution in [3.05, 3.63) is 29.3 Å². The monoisotopic (exact) mass is 125 g/mol. The molecule has 9 heavy (non-hydrogen) atoms. The lowest BCUT2D eigenvalue weighted by Gasteiger charge is -1.95. The van der Waals surface area contributed by atoms with E-state index >= 15 is 0 Å². The maximum Gasteiger partial charge on any atom is 0.116 e. The minimum Gasteiger partial charge on any atom is -0.508 e. The summed E-state index contributed by atoms with van der Waals surface area (Å²) in [5, 5.41) is 9.23. The molecule has 48 valence electrons. The zero-order chi connectivity index (χ0) is 9.46.